The smallest absolute Gasteiger partial charge is 0.246 e. The summed E-state index contributed by atoms with van der Waals surface area (Å²) in [5, 5.41) is 6.74. The monoisotopic (exact) mass is 274 g/mol. The normalized spacial score (nSPS) is 11.4. The maximum Gasteiger partial charge on any atom is 0.246 e. The number of nitrogens with one attached hydrogen (secondary N) is 1. The van der Waals surface area contributed by atoms with E-state index in [4.69, 9.17) is 0 Å². The molecule has 19 heavy (non-hydrogen) atoms. The third-order valence-electron chi connectivity index (χ3n) is 2.36. The van der Waals surface area contributed by atoms with E-state index in [2.05, 4.69) is 20.5 Å². The predicted octanol–water partition coefficient (Wildman–Crippen LogP) is 1.93. The summed E-state index contributed by atoms with van der Waals surface area (Å²) in [7, 11) is 0. The fourth-order valence-corrected chi connectivity index (χ4v) is 2.21. The molecule has 1 amide bonds. The highest BCUT2D eigenvalue weighted by molar-refractivity contribution is 7.09. The number of hydrazone groups is 1. The molecule has 2 aromatic rings. The van der Waals surface area contributed by atoms with Crippen molar-refractivity contribution in [3.8, 4) is 0 Å². The van der Waals surface area contributed by atoms with Crippen LogP contribution in [0.25, 0.3) is 0 Å². The van der Waals surface area contributed by atoms with Gasteiger partial charge in [0.2, 0.25) is 5.91 Å². The van der Waals surface area contributed by atoms with Gasteiger partial charge in [0.05, 0.1) is 17.8 Å². The molecule has 0 atom stereocenters. The molecule has 0 fully saturated rings. The van der Waals surface area contributed by atoms with Crippen LogP contribution in [0.1, 0.15) is 23.3 Å². The first-order valence-corrected chi connectivity index (χ1v) is 6.68. The van der Waals surface area contributed by atoms with Crippen LogP contribution in [0.4, 0.5) is 0 Å². The van der Waals surface area contributed by atoms with E-state index in [1.807, 2.05) is 30.5 Å². The van der Waals surface area contributed by atoms with E-state index in [1.54, 1.807) is 13.1 Å². The van der Waals surface area contributed by atoms with Crippen LogP contribution in [0.15, 0.2) is 34.9 Å². The molecule has 2 aromatic heterocycles. The van der Waals surface area contributed by atoms with E-state index in [-0.39, 0.29) is 12.3 Å². The summed E-state index contributed by atoms with van der Waals surface area (Å²) in [4.78, 5) is 20.1. The number of amides is 1. The van der Waals surface area contributed by atoms with Crippen molar-refractivity contribution in [2.75, 3.05) is 0 Å². The number of aromatic nitrogens is 2. The molecule has 2 heterocycles. The number of carbonyl (C=O) groups excluding carboxylic acids is 1. The lowest BCUT2D eigenvalue weighted by Crippen LogP contribution is -2.21. The first-order valence-electron chi connectivity index (χ1n) is 5.80. The number of pyridine rings is 1. The van der Waals surface area contributed by atoms with Crippen molar-refractivity contribution in [3.63, 3.8) is 0 Å². The highest BCUT2D eigenvalue weighted by Crippen LogP contribution is 2.08. The lowest BCUT2D eigenvalue weighted by Gasteiger charge is -2.00. The van der Waals surface area contributed by atoms with Crippen LogP contribution in [0.2, 0.25) is 0 Å². The lowest BCUT2D eigenvalue weighted by molar-refractivity contribution is -0.120. The van der Waals surface area contributed by atoms with Crippen LogP contribution >= 0.6 is 11.3 Å². The van der Waals surface area contributed by atoms with Gasteiger partial charge in [0.15, 0.2) is 0 Å². The number of carbonyl (C=O) groups is 1. The van der Waals surface area contributed by atoms with Gasteiger partial charge >= 0.3 is 0 Å². The molecular weight excluding hydrogens is 260 g/mol. The van der Waals surface area contributed by atoms with Gasteiger partial charge in [-0.1, -0.05) is 6.07 Å². The summed E-state index contributed by atoms with van der Waals surface area (Å²) in [6.07, 6.45) is 1.94. The topological polar surface area (TPSA) is 67.2 Å². The third-order valence-corrected chi connectivity index (χ3v) is 3.33. The molecule has 0 unspecified atom stereocenters. The summed E-state index contributed by atoms with van der Waals surface area (Å²) >= 11 is 1.48. The Bertz CT molecular complexity index is 592. The minimum absolute atomic E-state index is 0.176. The molecule has 5 nitrogen and oxygen atoms in total. The third kappa shape index (κ3) is 3.96. The molecular formula is C13H14N4OS. The zero-order valence-electron chi connectivity index (χ0n) is 10.8. The van der Waals surface area contributed by atoms with Gasteiger partial charge in [-0.2, -0.15) is 5.10 Å². The maximum atomic E-state index is 11.7. The zero-order valence-corrected chi connectivity index (χ0v) is 11.6. The average Bonchev–Trinajstić information content (AvgIpc) is 2.82. The number of aryl methyl sites for hydroxylation is 1. The predicted molar refractivity (Wildman–Crippen MR) is 75.1 cm³/mol. The molecule has 2 rings (SSSR count). The van der Waals surface area contributed by atoms with Crippen LogP contribution in [-0.4, -0.2) is 21.6 Å². The molecule has 0 aliphatic rings. The lowest BCUT2D eigenvalue weighted by atomic mass is 10.3. The first-order chi connectivity index (χ1) is 9.15. The summed E-state index contributed by atoms with van der Waals surface area (Å²) in [6.45, 7) is 3.71. The van der Waals surface area contributed by atoms with Crippen LogP contribution in [0.3, 0.4) is 0 Å². The van der Waals surface area contributed by atoms with Gasteiger partial charge in [0.1, 0.15) is 5.01 Å². The molecule has 0 saturated heterocycles. The van der Waals surface area contributed by atoms with Crippen molar-refractivity contribution in [2.24, 2.45) is 5.10 Å². The number of thiazole rings is 1. The van der Waals surface area contributed by atoms with Gasteiger partial charge in [-0.25, -0.2) is 10.4 Å². The SMILES string of the molecule is C/C(=N/NC(=O)Cc1nc(C)cs1)c1ccccn1. The Morgan fingerprint density at radius 2 is 2.32 bits per heavy atom. The quantitative estimate of drug-likeness (QED) is 0.684. The Hall–Kier alpha value is -2.08. The average molecular weight is 274 g/mol. The Balaban J connectivity index is 1.93. The number of hydrogen-bond donors (Lipinski definition) is 1. The first kappa shape index (κ1) is 13.4. The Kier molecular flexibility index (Phi) is 4.35. The van der Waals surface area contributed by atoms with E-state index in [9.17, 15) is 4.79 Å². The summed E-state index contributed by atoms with van der Waals surface area (Å²) in [5.74, 6) is -0.176. The van der Waals surface area contributed by atoms with Crippen LogP contribution < -0.4 is 5.43 Å². The number of hydrogen-bond acceptors (Lipinski definition) is 5. The van der Waals surface area contributed by atoms with Crippen molar-refractivity contribution in [1.82, 2.24) is 15.4 Å². The molecule has 0 aliphatic heterocycles. The minimum atomic E-state index is -0.176. The molecule has 0 bridgehead atoms. The second kappa shape index (κ2) is 6.19. The second-order valence-electron chi connectivity index (χ2n) is 4.01. The molecule has 98 valence electrons. The zero-order chi connectivity index (χ0) is 13.7. The van der Waals surface area contributed by atoms with Crippen LogP contribution in [-0.2, 0) is 11.2 Å². The molecule has 0 radical (unpaired) electrons. The number of rotatable bonds is 4. The molecule has 0 aromatic carbocycles. The van der Waals surface area contributed by atoms with E-state index in [1.165, 1.54) is 11.3 Å². The minimum Gasteiger partial charge on any atom is -0.273 e. The summed E-state index contributed by atoms with van der Waals surface area (Å²) < 4.78 is 0. The van der Waals surface area contributed by atoms with Crippen molar-refractivity contribution in [3.05, 3.63) is 46.2 Å². The van der Waals surface area contributed by atoms with E-state index < -0.39 is 0 Å². The Morgan fingerprint density at radius 1 is 1.47 bits per heavy atom. The van der Waals surface area contributed by atoms with Crippen molar-refractivity contribution >= 4 is 23.0 Å². The number of nitrogens with zero attached hydrogens (tertiary/aromatic N) is 3. The molecule has 1 N–H and O–H groups in total. The fraction of sp³-hybridized carbons (Fsp3) is 0.231. The molecule has 6 heteroatoms. The van der Waals surface area contributed by atoms with Crippen molar-refractivity contribution in [1.29, 1.82) is 0 Å². The Labute approximate surface area is 115 Å². The van der Waals surface area contributed by atoms with Crippen molar-refractivity contribution < 1.29 is 4.79 Å². The van der Waals surface area contributed by atoms with Gasteiger partial charge in [0.25, 0.3) is 0 Å². The standard InChI is InChI=1S/C13H14N4OS/c1-9-8-19-13(15-9)7-12(18)17-16-10(2)11-5-3-4-6-14-11/h3-6,8H,7H2,1-2H3,(H,17,18)/b16-10-. The largest absolute Gasteiger partial charge is 0.273 e. The van der Waals surface area contributed by atoms with Gasteiger partial charge in [-0.05, 0) is 26.0 Å². The summed E-state index contributed by atoms with van der Waals surface area (Å²) in [6, 6.07) is 5.55. The maximum absolute atomic E-state index is 11.7. The van der Waals surface area contributed by atoms with Gasteiger partial charge in [-0.15, -0.1) is 11.3 Å². The fourth-order valence-electron chi connectivity index (χ4n) is 1.44. The highest BCUT2D eigenvalue weighted by Gasteiger charge is 2.06. The van der Waals surface area contributed by atoms with Crippen LogP contribution in [0.5, 0.6) is 0 Å². The second-order valence-corrected chi connectivity index (χ2v) is 4.95. The van der Waals surface area contributed by atoms with Crippen molar-refractivity contribution in [2.45, 2.75) is 20.3 Å². The van der Waals surface area contributed by atoms with E-state index in [0.717, 1.165) is 16.4 Å². The van der Waals surface area contributed by atoms with E-state index in [0.29, 0.717) is 5.71 Å². The molecule has 0 spiro atoms. The highest BCUT2D eigenvalue weighted by atomic mass is 32.1. The van der Waals surface area contributed by atoms with Gasteiger partial charge in [0, 0.05) is 17.3 Å². The van der Waals surface area contributed by atoms with Gasteiger partial charge < -0.3 is 0 Å². The summed E-state index contributed by atoms with van der Waals surface area (Å²) in [5.41, 5.74) is 4.86. The molecule has 0 aliphatic carbocycles. The van der Waals surface area contributed by atoms with Crippen LogP contribution in [0, 0.1) is 6.92 Å². The molecule has 0 saturated carbocycles. The van der Waals surface area contributed by atoms with E-state index >= 15 is 0 Å². The van der Waals surface area contributed by atoms with Gasteiger partial charge in [-0.3, -0.25) is 9.78 Å². The Morgan fingerprint density at radius 3 is 2.95 bits per heavy atom.